The van der Waals surface area contributed by atoms with E-state index in [2.05, 4.69) is 10.2 Å². The summed E-state index contributed by atoms with van der Waals surface area (Å²) in [6.45, 7) is 2.41. The Morgan fingerprint density at radius 3 is 2.53 bits per heavy atom. The first-order valence-electron chi connectivity index (χ1n) is 6.63. The molecule has 1 saturated heterocycles. The zero-order valence-electron chi connectivity index (χ0n) is 10.8. The fourth-order valence-electron chi connectivity index (χ4n) is 2.29. The molecule has 0 aromatic heterocycles. The number of hydrogen-bond donors (Lipinski definition) is 1. The van der Waals surface area contributed by atoms with Gasteiger partial charge in [0, 0.05) is 0 Å². The van der Waals surface area contributed by atoms with Gasteiger partial charge in [-0.15, -0.1) is 0 Å². The van der Waals surface area contributed by atoms with E-state index in [0.717, 1.165) is 13.1 Å². The van der Waals surface area contributed by atoms with Crippen LogP contribution in [0, 0.1) is 0 Å². The van der Waals surface area contributed by atoms with Crippen LogP contribution >= 0.6 is 23.2 Å². The monoisotopic (exact) mass is 300 g/mol. The van der Waals surface area contributed by atoms with Crippen molar-refractivity contribution in [1.82, 2.24) is 4.90 Å². The van der Waals surface area contributed by atoms with Gasteiger partial charge in [-0.3, -0.25) is 9.69 Å². The summed E-state index contributed by atoms with van der Waals surface area (Å²) in [5.74, 6) is -0.0360. The molecule has 1 N–H and O–H groups in total. The molecule has 1 aromatic carbocycles. The molecule has 104 valence electrons. The van der Waals surface area contributed by atoms with Crippen LogP contribution in [-0.2, 0) is 4.79 Å². The zero-order chi connectivity index (χ0) is 13.7. The maximum Gasteiger partial charge on any atom is 0.238 e. The Labute approximate surface area is 123 Å². The van der Waals surface area contributed by atoms with Crippen LogP contribution in [0.4, 0.5) is 5.69 Å². The number of anilines is 1. The SMILES string of the molecule is O=C(CN1CCCCCC1)Nc1cccc(Cl)c1Cl. The lowest BCUT2D eigenvalue weighted by Crippen LogP contribution is -2.33. The Morgan fingerprint density at radius 1 is 1.16 bits per heavy atom. The molecule has 0 saturated carbocycles. The number of hydrogen-bond acceptors (Lipinski definition) is 2. The van der Waals surface area contributed by atoms with Gasteiger partial charge in [0.05, 0.1) is 22.3 Å². The highest BCUT2D eigenvalue weighted by Gasteiger charge is 2.14. The maximum absolute atomic E-state index is 12.0. The first kappa shape index (κ1) is 14.6. The van der Waals surface area contributed by atoms with Crippen molar-refractivity contribution in [3.8, 4) is 0 Å². The molecule has 19 heavy (non-hydrogen) atoms. The number of halogens is 2. The van der Waals surface area contributed by atoms with E-state index in [-0.39, 0.29) is 5.91 Å². The average Bonchev–Trinajstić information content (AvgIpc) is 2.63. The predicted molar refractivity (Wildman–Crippen MR) is 80.0 cm³/mol. The molecule has 0 atom stereocenters. The van der Waals surface area contributed by atoms with Crippen molar-refractivity contribution >= 4 is 34.8 Å². The molecule has 3 nitrogen and oxygen atoms in total. The molecule has 1 aliphatic rings. The third-order valence-electron chi connectivity index (χ3n) is 3.29. The minimum Gasteiger partial charge on any atom is -0.324 e. The molecular weight excluding hydrogens is 283 g/mol. The van der Waals surface area contributed by atoms with E-state index in [4.69, 9.17) is 23.2 Å². The molecular formula is C14H18Cl2N2O. The van der Waals surface area contributed by atoms with E-state index in [1.165, 1.54) is 25.7 Å². The Hall–Kier alpha value is -0.770. The second-order valence-electron chi connectivity index (χ2n) is 4.84. The van der Waals surface area contributed by atoms with E-state index in [9.17, 15) is 4.79 Å². The summed E-state index contributed by atoms with van der Waals surface area (Å²) in [4.78, 5) is 14.2. The highest BCUT2D eigenvalue weighted by Crippen LogP contribution is 2.29. The molecule has 0 unspecified atom stereocenters. The maximum atomic E-state index is 12.0. The van der Waals surface area contributed by atoms with Crippen molar-refractivity contribution in [3.63, 3.8) is 0 Å². The van der Waals surface area contributed by atoms with Crippen molar-refractivity contribution in [3.05, 3.63) is 28.2 Å². The first-order valence-corrected chi connectivity index (χ1v) is 7.38. The Bertz CT molecular complexity index is 443. The van der Waals surface area contributed by atoms with Gasteiger partial charge in [-0.2, -0.15) is 0 Å². The third kappa shape index (κ3) is 4.37. The lowest BCUT2D eigenvalue weighted by Gasteiger charge is -2.19. The van der Waals surface area contributed by atoms with E-state index in [0.29, 0.717) is 22.3 Å². The summed E-state index contributed by atoms with van der Waals surface area (Å²) in [6, 6.07) is 5.23. The van der Waals surface area contributed by atoms with Crippen LogP contribution in [0.25, 0.3) is 0 Å². The number of nitrogens with zero attached hydrogens (tertiary/aromatic N) is 1. The largest absolute Gasteiger partial charge is 0.324 e. The van der Waals surface area contributed by atoms with Crippen molar-refractivity contribution < 1.29 is 4.79 Å². The molecule has 0 bridgehead atoms. The third-order valence-corrected chi connectivity index (χ3v) is 4.11. The second kappa shape index (κ2) is 7.13. The molecule has 2 rings (SSSR count). The molecule has 5 heteroatoms. The minimum absolute atomic E-state index is 0.0360. The van der Waals surface area contributed by atoms with Gasteiger partial charge in [0.1, 0.15) is 0 Å². The summed E-state index contributed by atoms with van der Waals surface area (Å²) in [6.07, 6.45) is 4.87. The van der Waals surface area contributed by atoms with Gasteiger partial charge in [-0.05, 0) is 38.1 Å². The summed E-state index contributed by atoms with van der Waals surface area (Å²) >= 11 is 12.0. The molecule has 0 radical (unpaired) electrons. The molecule has 1 aliphatic heterocycles. The molecule has 1 heterocycles. The number of nitrogens with one attached hydrogen (secondary N) is 1. The number of benzene rings is 1. The quantitative estimate of drug-likeness (QED) is 0.920. The number of amides is 1. The lowest BCUT2D eigenvalue weighted by molar-refractivity contribution is -0.117. The molecule has 1 fully saturated rings. The highest BCUT2D eigenvalue weighted by atomic mass is 35.5. The Balaban J connectivity index is 1.91. The standard InChI is InChI=1S/C14H18Cl2N2O/c15-11-6-5-7-12(14(11)16)17-13(19)10-18-8-3-1-2-4-9-18/h5-7H,1-4,8-10H2,(H,17,19). The zero-order valence-corrected chi connectivity index (χ0v) is 12.3. The summed E-state index contributed by atoms with van der Waals surface area (Å²) < 4.78 is 0. The normalized spacial score (nSPS) is 16.9. The second-order valence-corrected chi connectivity index (χ2v) is 5.63. The number of carbonyl (C=O) groups excluding carboxylic acids is 1. The fraction of sp³-hybridized carbons (Fsp3) is 0.500. The Morgan fingerprint density at radius 2 is 1.84 bits per heavy atom. The van der Waals surface area contributed by atoms with Crippen LogP contribution in [0.2, 0.25) is 10.0 Å². The van der Waals surface area contributed by atoms with Crippen LogP contribution in [0.15, 0.2) is 18.2 Å². The van der Waals surface area contributed by atoms with Gasteiger partial charge in [-0.1, -0.05) is 42.1 Å². The molecule has 1 amide bonds. The van der Waals surface area contributed by atoms with Gasteiger partial charge in [0.15, 0.2) is 0 Å². The van der Waals surface area contributed by atoms with Gasteiger partial charge < -0.3 is 5.32 Å². The number of carbonyl (C=O) groups is 1. The number of rotatable bonds is 3. The minimum atomic E-state index is -0.0360. The summed E-state index contributed by atoms with van der Waals surface area (Å²) in [5.41, 5.74) is 0.578. The van der Waals surface area contributed by atoms with Crippen LogP contribution < -0.4 is 5.32 Å². The highest BCUT2D eigenvalue weighted by molar-refractivity contribution is 6.43. The van der Waals surface area contributed by atoms with Gasteiger partial charge in [-0.25, -0.2) is 0 Å². The number of likely N-dealkylation sites (tertiary alicyclic amines) is 1. The van der Waals surface area contributed by atoms with Gasteiger partial charge in [0.2, 0.25) is 5.91 Å². The van der Waals surface area contributed by atoms with Gasteiger partial charge in [0.25, 0.3) is 0 Å². The van der Waals surface area contributed by atoms with Crippen molar-refractivity contribution in [1.29, 1.82) is 0 Å². The molecule has 0 aliphatic carbocycles. The van der Waals surface area contributed by atoms with Crippen molar-refractivity contribution in [2.24, 2.45) is 0 Å². The Kier molecular flexibility index (Phi) is 5.49. The van der Waals surface area contributed by atoms with Crippen LogP contribution in [0.5, 0.6) is 0 Å². The average molecular weight is 301 g/mol. The summed E-state index contributed by atoms with van der Waals surface area (Å²) in [5, 5.41) is 3.67. The van der Waals surface area contributed by atoms with Gasteiger partial charge >= 0.3 is 0 Å². The molecule has 0 spiro atoms. The van der Waals surface area contributed by atoms with Crippen LogP contribution in [0.1, 0.15) is 25.7 Å². The first-order chi connectivity index (χ1) is 9.16. The van der Waals surface area contributed by atoms with E-state index in [1.807, 2.05) is 0 Å². The van der Waals surface area contributed by atoms with E-state index < -0.39 is 0 Å². The van der Waals surface area contributed by atoms with Crippen molar-refractivity contribution in [2.75, 3.05) is 25.0 Å². The van der Waals surface area contributed by atoms with Crippen LogP contribution in [0.3, 0.4) is 0 Å². The molecule has 1 aromatic rings. The fourth-order valence-corrected chi connectivity index (χ4v) is 2.64. The van der Waals surface area contributed by atoms with Crippen molar-refractivity contribution in [2.45, 2.75) is 25.7 Å². The van der Waals surface area contributed by atoms with E-state index in [1.54, 1.807) is 18.2 Å². The lowest BCUT2D eigenvalue weighted by atomic mass is 10.2. The summed E-state index contributed by atoms with van der Waals surface area (Å²) in [7, 11) is 0. The smallest absolute Gasteiger partial charge is 0.238 e. The topological polar surface area (TPSA) is 32.3 Å². The van der Waals surface area contributed by atoms with E-state index >= 15 is 0 Å². The predicted octanol–water partition coefficient (Wildman–Crippen LogP) is 3.81. The van der Waals surface area contributed by atoms with Crippen LogP contribution in [-0.4, -0.2) is 30.4 Å².